The second-order valence-electron chi connectivity index (χ2n) is 7.35. The monoisotopic (exact) mass is 276 g/mol. The van der Waals surface area contributed by atoms with Crippen LogP contribution in [-0.2, 0) is 6.54 Å². The maximum Gasteiger partial charge on any atom is 0.123 e. The highest BCUT2D eigenvalue weighted by atomic mass is 19.1. The lowest BCUT2D eigenvalue weighted by Crippen LogP contribution is -2.67. The third-order valence-corrected chi connectivity index (χ3v) is 4.98. The average molecular weight is 276 g/mol. The molecule has 0 bridgehead atoms. The molecule has 110 valence electrons. The fourth-order valence-electron chi connectivity index (χ4n) is 3.40. The smallest absolute Gasteiger partial charge is 0.123 e. The van der Waals surface area contributed by atoms with Gasteiger partial charge in [0.1, 0.15) is 5.82 Å². The van der Waals surface area contributed by atoms with E-state index in [-0.39, 0.29) is 16.9 Å². The summed E-state index contributed by atoms with van der Waals surface area (Å²) in [5.41, 5.74) is 1.59. The van der Waals surface area contributed by atoms with Crippen molar-refractivity contribution >= 4 is 0 Å². The summed E-state index contributed by atoms with van der Waals surface area (Å²) in [6.45, 7) is 9.91. The van der Waals surface area contributed by atoms with Crippen molar-refractivity contribution in [3.8, 4) is 0 Å². The molecule has 1 saturated carbocycles. The Morgan fingerprint density at radius 3 is 2.45 bits per heavy atom. The Hall–Kier alpha value is -0.930. The van der Waals surface area contributed by atoms with E-state index in [1.54, 1.807) is 12.1 Å². The summed E-state index contributed by atoms with van der Waals surface area (Å²) in [6, 6.07) is 6.96. The number of rotatable bonds is 3. The van der Waals surface area contributed by atoms with E-state index in [0.29, 0.717) is 0 Å². The Balaban J connectivity index is 1.80. The van der Waals surface area contributed by atoms with E-state index >= 15 is 0 Å². The highest BCUT2D eigenvalue weighted by Crippen LogP contribution is 2.45. The van der Waals surface area contributed by atoms with Crippen LogP contribution in [0.2, 0.25) is 0 Å². The van der Waals surface area contributed by atoms with Gasteiger partial charge in [-0.15, -0.1) is 0 Å². The summed E-state index contributed by atoms with van der Waals surface area (Å²) in [4.78, 5) is 2.61. The zero-order chi connectivity index (χ0) is 14.4. The minimum absolute atomic E-state index is 0.147. The number of hydrogen-bond acceptors (Lipinski definition) is 2. The molecular weight excluding hydrogens is 251 g/mol. The van der Waals surface area contributed by atoms with Crippen LogP contribution < -0.4 is 5.32 Å². The van der Waals surface area contributed by atoms with Crippen molar-refractivity contribution in [2.24, 2.45) is 5.92 Å². The third-order valence-electron chi connectivity index (χ3n) is 4.98. The van der Waals surface area contributed by atoms with Crippen LogP contribution in [0.25, 0.3) is 0 Å². The Morgan fingerprint density at radius 1 is 1.20 bits per heavy atom. The fraction of sp³-hybridized carbons (Fsp3) is 0.647. The SMILES string of the molecule is CC1(C)CN(Cc2ccc(F)cc2)C(C)(C2CC2)CN1. The molecule has 1 heterocycles. The molecule has 2 fully saturated rings. The highest BCUT2D eigenvalue weighted by molar-refractivity contribution is 5.18. The molecule has 2 nitrogen and oxygen atoms in total. The molecule has 20 heavy (non-hydrogen) atoms. The molecule has 0 amide bonds. The van der Waals surface area contributed by atoms with Crippen LogP contribution in [0, 0.1) is 11.7 Å². The summed E-state index contributed by atoms with van der Waals surface area (Å²) >= 11 is 0. The molecule has 0 spiro atoms. The molecule has 2 aliphatic rings. The first kappa shape index (κ1) is 14.0. The number of benzene rings is 1. The van der Waals surface area contributed by atoms with E-state index in [1.807, 2.05) is 12.1 Å². The topological polar surface area (TPSA) is 15.3 Å². The quantitative estimate of drug-likeness (QED) is 0.912. The lowest BCUT2D eigenvalue weighted by atomic mass is 9.85. The van der Waals surface area contributed by atoms with Gasteiger partial charge in [0.25, 0.3) is 0 Å². The molecule has 1 aromatic rings. The van der Waals surface area contributed by atoms with Gasteiger partial charge >= 0.3 is 0 Å². The van der Waals surface area contributed by atoms with Gasteiger partial charge in [-0.1, -0.05) is 12.1 Å². The first-order chi connectivity index (χ1) is 9.39. The van der Waals surface area contributed by atoms with Crippen molar-refractivity contribution in [1.29, 1.82) is 0 Å². The summed E-state index contributed by atoms with van der Waals surface area (Å²) < 4.78 is 13.1. The molecule has 1 saturated heterocycles. The van der Waals surface area contributed by atoms with Crippen LogP contribution in [0.1, 0.15) is 39.2 Å². The maximum absolute atomic E-state index is 13.1. The summed E-state index contributed by atoms with van der Waals surface area (Å²) in [6.07, 6.45) is 2.69. The molecule has 1 aliphatic carbocycles. The summed E-state index contributed by atoms with van der Waals surface area (Å²) in [5, 5.41) is 3.69. The van der Waals surface area contributed by atoms with Gasteiger partial charge in [-0.2, -0.15) is 0 Å². The van der Waals surface area contributed by atoms with Gasteiger partial charge < -0.3 is 5.32 Å². The van der Waals surface area contributed by atoms with Gasteiger partial charge in [0.15, 0.2) is 0 Å². The normalized spacial score (nSPS) is 30.4. The van der Waals surface area contributed by atoms with Crippen LogP contribution in [0.3, 0.4) is 0 Å². The zero-order valence-corrected chi connectivity index (χ0v) is 12.7. The lowest BCUT2D eigenvalue weighted by Gasteiger charge is -2.52. The van der Waals surface area contributed by atoms with E-state index in [2.05, 4.69) is 31.0 Å². The first-order valence-electron chi connectivity index (χ1n) is 7.64. The molecule has 0 aromatic heterocycles. The molecular formula is C17H25FN2. The summed E-state index contributed by atoms with van der Waals surface area (Å²) in [5.74, 6) is 0.658. The van der Waals surface area contributed by atoms with Crippen molar-refractivity contribution < 1.29 is 4.39 Å². The van der Waals surface area contributed by atoms with E-state index < -0.39 is 0 Å². The Labute approximate surface area is 121 Å². The van der Waals surface area contributed by atoms with Crippen LogP contribution in [-0.4, -0.2) is 29.1 Å². The third kappa shape index (κ3) is 2.75. The van der Waals surface area contributed by atoms with Crippen LogP contribution in [0.15, 0.2) is 24.3 Å². The number of hydrogen-bond donors (Lipinski definition) is 1. The highest BCUT2D eigenvalue weighted by Gasteiger charge is 2.49. The van der Waals surface area contributed by atoms with Crippen LogP contribution >= 0.6 is 0 Å². The van der Waals surface area contributed by atoms with Crippen molar-refractivity contribution in [1.82, 2.24) is 10.2 Å². The second kappa shape index (κ2) is 4.81. The molecule has 1 N–H and O–H groups in total. The fourth-order valence-corrected chi connectivity index (χ4v) is 3.40. The minimum Gasteiger partial charge on any atom is -0.309 e. The molecule has 1 atom stereocenters. The molecule has 3 rings (SSSR count). The average Bonchev–Trinajstić information content (AvgIpc) is 3.21. The van der Waals surface area contributed by atoms with Crippen molar-refractivity contribution in [3.05, 3.63) is 35.6 Å². The minimum atomic E-state index is -0.153. The van der Waals surface area contributed by atoms with Crippen LogP contribution in [0.4, 0.5) is 4.39 Å². The van der Waals surface area contributed by atoms with Gasteiger partial charge in [-0.3, -0.25) is 4.90 Å². The van der Waals surface area contributed by atoms with Crippen LogP contribution in [0.5, 0.6) is 0 Å². The Bertz CT molecular complexity index is 478. The predicted octanol–water partition coefficient (Wildman–Crippen LogP) is 3.18. The number of halogens is 1. The number of piperazine rings is 1. The van der Waals surface area contributed by atoms with Crippen molar-refractivity contribution in [2.45, 2.75) is 51.2 Å². The number of nitrogens with zero attached hydrogens (tertiary/aromatic N) is 1. The lowest BCUT2D eigenvalue weighted by molar-refractivity contribution is 0.00519. The second-order valence-corrected chi connectivity index (χ2v) is 7.35. The predicted molar refractivity (Wildman–Crippen MR) is 80.0 cm³/mol. The van der Waals surface area contributed by atoms with E-state index in [0.717, 1.165) is 25.6 Å². The van der Waals surface area contributed by atoms with E-state index in [9.17, 15) is 4.39 Å². The van der Waals surface area contributed by atoms with Crippen molar-refractivity contribution in [2.75, 3.05) is 13.1 Å². The maximum atomic E-state index is 13.1. The van der Waals surface area contributed by atoms with Gasteiger partial charge in [0.05, 0.1) is 0 Å². The molecule has 1 aliphatic heterocycles. The largest absolute Gasteiger partial charge is 0.309 e. The Kier molecular flexibility index (Phi) is 3.38. The van der Waals surface area contributed by atoms with E-state index in [1.165, 1.54) is 18.4 Å². The van der Waals surface area contributed by atoms with Gasteiger partial charge in [-0.25, -0.2) is 4.39 Å². The number of nitrogens with one attached hydrogen (secondary N) is 1. The molecule has 0 radical (unpaired) electrons. The first-order valence-corrected chi connectivity index (χ1v) is 7.64. The Morgan fingerprint density at radius 2 is 1.85 bits per heavy atom. The molecule has 3 heteroatoms. The molecule has 1 aromatic carbocycles. The van der Waals surface area contributed by atoms with Gasteiger partial charge in [0.2, 0.25) is 0 Å². The van der Waals surface area contributed by atoms with E-state index in [4.69, 9.17) is 0 Å². The van der Waals surface area contributed by atoms with Crippen molar-refractivity contribution in [3.63, 3.8) is 0 Å². The van der Waals surface area contributed by atoms with Gasteiger partial charge in [0, 0.05) is 30.7 Å². The van der Waals surface area contributed by atoms with Gasteiger partial charge in [-0.05, 0) is 57.2 Å². The molecule has 1 unspecified atom stereocenters. The summed E-state index contributed by atoms with van der Waals surface area (Å²) in [7, 11) is 0. The zero-order valence-electron chi connectivity index (χ0n) is 12.7. The standard InChI is InChI=1S/C17H25FN2/c1-16(2)12-20(10-13-4-8-15(18)9-5-13)17(3,11-19-16)14-6-7-14/h4-5,8-9,14,19H,6-7,10-12H2,1-3H3.